The smallest absolute Gasteiger partial charge is 0.240 e. The Morgan fingerprint density at radius 3 is 2.67 bits per heavy atom. The third-order valence-electron chi connectivity index (χ3n) is 4.32. The van der Waals surface area contributed by atoms with E-state index < -0.39 is 0 Å². The number of hydrogen-bond donors (Lipinski definition) is 2. The Balaban J connectivity index is 1.93. The van der Waals surface area contributed by atoms with Crippen LogP contribution in [0.5, 0.6) is 0 Å². The number of nitrogens with one attached hydrogen (secondary N) is 2. The van der Waals surface area contributed by atoms with E-state index in [0.29, 0.717) is 19.5 Å². The highest BCUT2D eigenvalue weighted by Gasteiger charge is 2.26. The Bertz CT molecular complexity index is 542. The minimum Gasteiger partial charge on any atom is -0.359 e. The lowest BCUT2D eigenvalue weighted by molar-refractivity contribution is -0.133. The molecule has 132 valence electrons. The van der Waals surface area contributed by atoms with Gasteiger partial charge in [0.2, 0.25) is 11.8 Å². The lowest BCUT2D eigenvalue weighted by Crippen LogP contribution is -2.43. The molecule has 2 N–H and O–H groups in total. The van der Waals surface area contributed by atoms with Crippen LogP contribution in [0, 0.1) is 5.82 Å². The number of rotatable bonds is 8. The van der Waals surface area contributed by atoms with Gasteiger partial charge in [0.05, 0.1) is 6.04 Å². The van der Waals surface area contributed by atoms with Crippen molar-refractivity contribution in [3.63, 3.8) is 0 Å². The van der Waals surface area contributed by atoms with Gasteiger partial charge in [0.15, 0.2) is 0 Å². The number of halogens is 1. The molecule has 0 saturated carbocycles. The van der Waals surface area contributed by atoms with Crippen molar-refractivity contribution < 1.29 is 14.0 Å². The van der Waals surface area contributed by atoms with Crippen LogP contribution in [-0.2, 0) is 16.1 Å². The quantitative estimate of drug-likeness (QED) is 0.713. The van der Waals surface area contributed by atoms with Crippen molar-refractivity contribution in [2.24, 2.45) is 0 Å². The monoisotopic (exact) mass is 335 g/mol. The van der Waals surface area contributed by atoms with E-state index in [4.69, 9.17) is 0 Å². The van der Waals surface area contributed by atoms with Crippen molar-refractivity contribution in [3.05, 3.63) is 35.6 Å². The van der Waals surface area contributed by atoms with Crippen molar-refractivity contribution in [2.75, 3.05) is 20.1 Å². The molecule has 0 radical (unpaired) electrons. The van der Waals surface area contributed by atoms with Crippen molar-refractivity contribution in [3.8, 4) is 0 Å². The lowest BCUT2D eigenvalue weighted by Gasteiger charge is -2.26. The minimum absolute atomic E-state index is 0.0175. The molecule has 0 bridgehead atoms. The lowest BCUT2D eigenvalue weighted by atomic mass is 10.1. The van der Waals surface area contributed by atoms with Gasteiger partial charge < -0.3 is 15.5 Å². The van der Waals surface area contributed by atoms with Crippen LogP contribution in [0.4, 0.5) is 4.39 Å². The van der Waals surface area contributed by atoms with Gasteiger partial charge in [0.25, 0.3) is 0 Å². The summed E-state index contributed by atoms with van der Waals surface area (Å²) in [6.45, 7) is 1.94. The maximum absolute atomic E-state index is 13.1. The Morgan fingerprint density at radius 1 is 1.29 bits per heavy atom. The fourth-order valence-corrected chi connectivity index (χ4v) is 2.91. The van der Waals surface area contributed by atoms with E-state index in [-0.39, 0.29) is 23.7 Å². The van der Waals surface area contributed by atoms with Gasteiger partial charge in [-0.3, -0.25) is 9.59 Å². The highest BCUT2D eigenvalue weighted by atomic mass is 19.1. The third-order valence-corrected chi connectivity index (χ3v) is 4.32. The average Bonchev–Trinajstić information content (AvgIpc) is 3.13. The van der Waals surface area contributed by atoms with E-state index in [1.807, 2.05) is 4.90 Å². The number of hydrogen-bond acceptors (Lipinski definition) is 3. The standard InChI is InChI=1S/C18H26FN3O2/c1-20-17(23)6-2-3-12-22(18(24)16-5-4-11-21-16)13-14-7-9-15(19)10-8-14/h7-10,16,21H,2-6,11-13H2,1H3,(H,20,23). The predicted octanol–water partition coefficient (Wildman–Crippen LogP) is 1.82. The first-order valence-corrected chi connectivity index (χ1v) is 8.57. The SMILES string of the molecule is CNC(=O)CCCCN(Cc1ccc(F)cc1)C(=O)C1CCCN1. The molecule has 1 atom stereocenters. The van der Waals surface area contributed by atoms with Crippen LogP contribution >= 0.6 is 0 Å². The molecule has 2 amide bonds. The Labute approximate surface area is 142 Å². The number of amides is 2. The van der Waals surface area contributed by atoms with Gasteiger partial charge in [-0.05, 0) is 49.9 Å². The molecule has 0 spiro atoms. The third kappa shape index (κ3) is 5.60. The van der Waals surface area contributed by atoms with Gasteiger partial charge >= 0.3 is 0 Å². The highest BCUT2D eigenvalue weighted by molar-refractivity contribution is 5.82. The van der Waals surface area contributed by atoms with Crippen LogP contribution in [0.15, 0.2) is 24.3 Å². The van der Waals surface area contributed by atoms with E-state index >= 15 is 0 Å². The molecule has 1 aliphatic rings. The molecule has 1 aromatic rings. The molecule has 6 heteroatoms. The van der Waals surface area contributed by atoms with Crippen molar-refractivity contribution in [1.82, 2.24) is 15.5 Å². The summed E-state index contributed by atoms with van der Waals surface area (Å²) in [5.41, 5.74) is 0.911. The van der Waals surface area contributed by atoms with Gasteiger partial charge in [-0.25, -0.2) is 4.39 Å². The van der Waals surface area contributed by atoms with Crippen molar-refractivity contribution in [1.29, 1.82) is 0 Å². The first-order valence-electron chi connectivity index (χ1n) is 8.57. The first-order chi connectivity index (χ1) is 11.6. The van der Waals surface area contributed by atoms with Crippen LogP contribution in [0.3, 0.4) is 0 Å². The maximum Gasteiger partial charge on any atom is 0.240 e. The molecule has 5 nitrogen and oxygen atoms in total. The number of unbranched alkanes of at least 4 members (excludes halogenated alkanes) is 1. The zero-order valence-electron chi connectivity index (χ0n) is 14.2. The summed E-state index contributed by atoms with van der Waals surface area (Å²) in [6.07, 6.45) is 3.85. The average molecular weight is 335 g/mol. The molecule has 1 unspecified atom stereocenters. The van der Waals surface area contributed by atoms with Crippen molar-refractivity contribution in [2.45, 2.75) is 44.7 Å². The van der Waals surface area contributed by atoms with Crippen LogP contribution < -0.4 is 10.6 Å². The summed E-state index contributed by atoms with van der Waals surface area (Å²) in [7, 11) is 1.62. The Kier molecular flexibility index (Phi) is 7.18. The summed E-state index contributed by atoms with van der Waals surface area (Å²) >= 11 is 0. The van der Waals surface area contributed by atoms with Gasteiger partial charge in [-0.15, -0.1) is 0 Å². The number of carbonyl (C=O) groups excluding carboxylic acids is 2. The van der Waals surface area contributed by atoms with E-state index in [9.17, 15) is 14.0 Å². The van der Waals surface area contributed by atoms with Crippen LogP contribution in [0.2, 0.25) is 0 Å². The van der Waals surface area contributed by atoms with E-state index in [0.717, 1.165) is 37.8 Å². The van der Waals surface area contributed by atoms with Crippen LogP contribution in [0.1, 0.15) is 37.7 Å². The normalized spacial score (nSPS) is 16.8. The number of benzene rings is 1. The first kappa shape index (κ1) is 18.4. The second-order valence-electron chi connectivity index (χ2n) is 6.17. The van der Waals surface area contributed by atoms with E-state index in [2.05, 4.69) is 10.6 Å². The molecule has 0 aliphatic carbocycles. The van der Waals surface area contributed by atoms with Crippen LogP contribution in [0.25, 0.3) is 0 Å². The molecule has 1 aliphatic heterocycles. The Hall–Kier alpha value is -1.95. The van der Waals surface area contributed by atoms with Gasteiger partial charge in [0, 0.05) is 26.6 Å². The largest absolute Gasteiger partial charge is 0.359 e. The second-order valence-corrected chi connectivity index (χ2v) is 6.17. The highest BCUT2D eigenvalue weighted by Crippen LogP contribution is 2.14. The topological polar surface area (TPSA) is 61.4 Å². The summed E-state index contributed by atoms with van der Waals surface area (Å²) in [5.74, 6) is -0.166. The number of nitrogens with zero attached hydrogens (tertiary/aromatic N) is 1. The summed E-state index contributed by atoms with van der Waals surface area (Å²) < 4.78 is 13.1. The predicted molar refractivity (Wildman–Crippen MR) is 90.8 cm³/mol. The maximum atomic E-state index is 13.1. The molecule has 1 saturated heterocycles. The van der Waals surface area contributed by atoms with Gasteiger partial charge in [-0.1, -0.05) is 12.1 Å². The minimum atomic E-state index is -0.278. The molecule has 2 rings (SSSR count). The molecule has 1 heterocycles. The fourth-order valence-electron chi connectivity index (χ4n) is 2.91. The summed E-state index contributed by atoms with van der Waals surface area (Å²) in [5, 5.41) is 5.83. The van der Waals surface area contributed by atoms with Gasteiger partial charge in [-0.2, -0.15) is 0 Å². The fraction of sp³-hybridized carbons (Fsp3) is 0.556. The molecular formula is C18H26FN3O2. The van der Waals surface area contributed by atoms with Gasteiger partial charge in [0.1, 0.15) is 5.82 Å². The Morgan fingerprint density at radius 2 is 2.04 bits per heavy atom. The zero-order valence-corrected chi connectivity index (χ0v) is 14.2. The molecular weight excluding hydrogens is 309 g/mol. The summed E-state index contributed by atoms with van der Waals surface area (Å²) in [6, 6.07) is 6.13. The van der Waals surface area contributed by atoms with Crippen LogP contribution in [-0.4, -0.2) is 42.9 Å². The van der Waals surface area contributed by atoms with E-state index in [1.165, 1.54) is 12.1 Å². The van der Waals surface area contributed by atoms with E-state index in [1.54, 1.807) is 19.2 Å². The zero-order chi connectivity index (χ0) is 17.4. The number of carbonyl (C=O) groups is 2. The summed E-state index contributed by atoms with van der Waals surface area (Å²) in [4.78, 5) is 25.8. The van der Waals surface area contributed by atoms with Crippen molar-refractivity contribution >= 4 is 11.8 Å². The molecule has 24 heavy (non-hydrogen) atoms. The molecule has 1 aromatic carbocycles. The molecule has 1 fully saturated rings. The molecule has 0 aromatic heterocycles. The second kappa shape index (κ2) is 9.37.